The summed E-state index contributed by atoms with van der Waals surface area (Å²) in [7, 11) is 0. The molecule has 1 saturated heterocycles. The van der Waals surface area contributed by atoms with Gasteiger partial charge in [0, 0.05) is 6.54 Å². The van der Waals surface area contributed by atoms with Gasteiger partial charge in [0.15, 0.2) is 0 Å². The first-order chi connectivity index (χ1) is 9.66. The zero-order valence-electron chi connectivity index (χ0n) is 11.4. The van der Waals surface area contributed by atoms with Gasteiger partial charge in [0.05, 0.1) is 12.5 Å². The first-order valence-electron chi connectivity index (χ1n) is 6.96. The van der Waals surface area contributed by atoms with Gasteiger partial charge in [-0.05, 0) is 30.5 Å². The fourth-order valence-electron chi connectivity index (χ4n) is 2.45. The van der Waals surface area contributed by atoms with Gasteiger partial charge in [-0.15, -0.1) is 0 Å². The minimum absolute atomic E-state index is 0.00479. The van der Waals surface area contributed by atoms with Crippen molar-refractivity contribution in [1.82, 2.24) is 10.6 Å². The van der Waals surface area contributed by atoms with Crippen molar-refractivity contribution in [2.45, 2.75) is 38.3 Å². The molecule has 20 heavy (non-hydrogen) atoms. The maximum Gasteiger partial charge on any atom is 0.307 e. The van der Waals surface area contributed by atoms with Crippen LogP contribution in [0.3, 0.4) is 0 Å². The van der Waals surface area contributed by atoms with Gasteiger partial charge >= 0.3 is 5.97 Å². The van der Waals surface area contributed by atoms with Crippen LogP contribution in [0.2, 0.25) is 0 Å². The molecule has 1 aliphatic rings. The smallest absolute Gasteiger partial charge is 0.307 e. The molecule has 0 aliphatic carbocycles. The first kappa shape index (κ1) is 14.5. The molecule has 1 aliphatic heterocycles. The van der Waals surface area contributed by atoms with Gasteiger partial charge in [-0.1, -0.05) is 30.7 Å². The molecule has 5 nitrogen and oxygen atoms in total. The van der Waals surface area contributed by atoms with Crippen LogP contribution in [0.25, 0.3) is 0 Å². The van der Waals surface area contributed by atoms with Crippen molar-refractivity contribution in [2.24, 2.45) is 0 Å². The number of hydrogen-bond donors (Lipinski definition) is 3. The normalized spacial score (nSPS) is 18.5. The van der Waals surface area contributed by atoms with Crippen LogP contribution in [0.15, 0.2) is 24.3 Å². The Morgan fingerprint density at radius 2 is 2.00 bits per heavy atom. The fraction of sp³-hybridized carbons (Fsp3) is 0.467. The van der Waals surface area contributed by atoms with E-state index in [-0.39, 0.29) is 18.4 Å². The van der Waals surface area contributed by atoms with Crippen molar-refractivity contribution in [3.8, 4) is 0 Å². The highest BCUT2D eigenvalue weighted by atomic mass is 16.4. The van der Waals surface area contributed by atoms with E-state index in [0.717, 1.165) is 36.9 Å². The number of amides is 1. The quantitative estimate of drug-likeness (QED) is 0.752. The number of carboxylic acids is 1. The van der Waals surface area contributed by atoms with E-state index in [1.54, 1.807) is 6.07 Å². The number of hydrogen-bond acceptors (Lipinski definition) is 3. The Hall–Kier alpha value is -1.88. The van der Waals surface area contributed by atoms with Gasteiger partial charge in [0.2, 0.25) is 5.91 Å². The molecule has 108 valence electrons. The monoisotopic (exact) mass is 276 g/mol. The van der Waals surface area contributed by atoms with Gasteiger partial charge in [0.25, 0.3) is 0 Å². The molecule has 0 bridgehead atoms. The lowest BCUT2D eigenvalue weighted by molar-refractivity contribution is -0.136. The van der Waals surface area contributed by atoms with E-state index in [4.69, 9.17) is 5.11 Å². The number of rotatable bonds is 5. The molecular formula is C15H20N2O3. The summed E-state index contributed by atoms with van der Waals surface area (Å²) in [5, 5.41) is 15.0. The molecular weight excluding hydrogens is 256 g/mol. The zero-order valence-corrected chi connectivity index (χ0v) is 11.4. The first-order valence-corrected chi connectivity index (χ1v) is 6.96. The number of benzene rings is 1. The van der Waals surface area contributed by atoms with E-state index in [1.165, 1.54) is 0 Å². The summed E-state index contributed by atoms with van der Waals surface area (Å²) >= 11 is 0. The Morgan fingerprint density at radius 3 is 2.65 bits per heavy atom. The standard InChI is InChI=1S/C15H20N2O3/c18-14(19)9-11-5-1-2-6-12(11)10-17-15(20)13-7-3-4-8-16-13/h1-2,5-6,13,16H,3-4,7-10H2,(H,17,20)(H,18,19). The second-order valence-electron chi connectivity index (χ2n) is 5.06. The van der Waals surface area contributed by atoms with E-state index >= 15 is 0 Å². The summed E-state index contributed by atoms with van der Waals surface area (Å²) in [4.78, 5) is 22.8. The lowest BCUT2D eigenvalue weighted by Gasteiger charge is -2.22. The van der Waals surface area contributed by atoms with Crippen molar-refractivity contribution >= 4 is 11.9 Å². The number of carbonyl (C=O) groups excluding carboxylic acids is 1. The van der Waals surface area contributed by atoms with Gasteiger partial charge in [0.1, 0.15) is 0 Å². The molecule has 1 fully saturated rings. The Labute approximate surface area is 118 Å². The van der Waals surface area contributed by atoms with Crippen molar-refractivity contribution in [2.75, 3.05) is 6.54 Å². The third-order valence-electron chi connectivity index (χ3n) is 3.54. The van der Waals surface area contributed by atoms with Gasteiger partial charge in [-0.25, -0.2) is 0 Å². The van der Waals surface area contributed by atoms with E-state index in [1.807, 2.05) is 18.2 Å². The fourth-order valence-corrected chi connectivity index (χ4v) is 2.45. The topological polar surface area (TPSA) is 78.4 Å². The van der Waals surface area contributed by atoms with Crippen LogP contribution in [0, 0.1) is 0 Å². The number of nitrogens with one attached hydrogen (secondary N) is 2. The molecule has 1 aromatic carbocycles. The molecule has 0 spiro atoms. The summed E-state index contributed by atoms with van der Waals surface area (Å²) in [6, 6.07) is 7.19. The van der Waals surface area contributed by atoms with Crippen molar-refractivity contribution in [3.63, 3.8) is 0 Å². The second-order valence-corrected chi connectivity index (χ2v) is 5.06. The maximum absolute atomic E-state index is 12.0. The van der Waals surface area contributed by atoms with E-state index in [0.29, 0.717) is 6.54 Å². The van der Waals surface area contributed by atoms with Crippen molar-refractivity contribution < 1.29 is 14.7 Å². The van der Waals surface area contributed by atoms with E-state index in [9.17, 15) is 9.59 Å². The second kappa shape index (κ2) is 7.05. The number of aliphatic carboxylic acids is 1. The third kappa shape index (κ3) is 4.06. The van der Waals surface area contributed by atoms with Crippen molar-refractivity contribution in [3.05, 3.63) is 35.4 Å². The lowest BCUT2D eigenvalue weighted by Crippen LogP contribution is -2.46. The van der Waals surface area contributed by atoms with Gasteiger partial charge in [-0.3, -0.25) is 9.59 Å². The molecule has 0 radical (unpaired) electrons. The van der Waals surface area contributed by atoms with Crippen LogP contribution >= 0.6 is 0 Å². The summed E-state index contributed by atoms with van der Waals surface area (Å²) in [5.41, 5.74) is 1.61. The summed E-state index contributed by atoms with van der Waals surface area (Å²) in [5.74, 6) is -0.868. The molecule has 2 rings (SSSR count). The lowest BCUT2D eigenvalue weighted by atomic mass is 10.0. The van der Waals surface area contributed by atoms with Crippen LogP contribution in [-0.4, -0.2) is 29.6 Å². The Kier molecular flexibility index (Phi) is 5.12. The van der Waals surface area contributed by atoms with Crippen LogP contribution in [-0.2, 0) is 22.6 Å². The van der Waals surface area contributed by atoms with Crippen molar-refractivity contribution in [1.29, 1.82) is 0 Å². The number of carboxylic acid groups (broad SMARTS) is 1. The molecule has 0 aromatic heterocycles. The molecule has 0 saturated carbocycles. The SMILES string of the molecule is O=C(O)Cc1ccccc1CNC(=O)C1CCCCN1. The molecule has 5 heteroatoms. The third-order valence-corrected chi connectivity index (χ3v) is 3.54. The number of piperidine rings is 1. The Morgan fingerprint density at radius 1 is 1.25 bits per heavy atom. The summed E-state index contributed by atoms with van der Waals surface area (Å²) in [6.45, 7) is 1.26. The molecule has 1 heterocycles. The van der Waals surface area contributed by atoms with Gasteiger partial charge in [-0.2, -0.15) is 0 Å². The molecule has 3 N–H and O–H groups in total. The molecule has 1 unspecified atom stereocenters. The highest BCUT2D eigenvalue weighted by Crippen LogP contribution is 2.11. The minimum Gasteiger partial charge on any atom is -0.481 e. The highest BCUT2D eigenvalue weighted by molar-refractivity contribution is 5.81. The van der Waals surface area contributed by atoms with Crippen LogP contribution in [0.1, 0.15) is 30.4 Å². The zero-order chi connectivity index (χ0) is 14.4. The van der Waals surface area contributed by atoms with Crippen LogP contribution in [0.4, 0.5) is 0 Å². The maximum atomic E-state index is 12.0. The largest absolute Gasteiger partial charge is 0.481 e. The average Bonchev–Trinajstić information content (AvgIpc) is 2.46. The molecule has 1 amide bonds. The molecule has 1 aromatic rings. The Balaban J connectivity index is 1.92. The van der Waals surface area contributed by atoms with Gasteiger partial charge < -0.3 is 15.7 Å². The summed E-state index contributed by atoms with van der Waals surface area (Å²) in [6.07, 6.45) is 3.03. The predicted molar refractivity (Wildman–Crippen MR) is 75.3 cm³/mol. The highest BCUT2D eigenvalue weighted by Gasteiger charge is 2.20. The van der Waals surface area contributed by atoms with E-state index in [2.05, 4.69) is 10.6 Å². The summed E-state index contributed by atoms with van der Waals surface area (Å²) < 4.78 is 0. The Bertz CT molecular complexity index is 482. The minimum atomic E-state index is -0.863. The predicted octanol–water partition coefficient (Wildman–Crippen LogP) is 1.07. The number of carbonyl (C=O) groups is 2. The van der Waals surface area contributed by atoms with E-state index < -0.39 is 5.97 Å². The van der Waals surface area contributed by atoms with Crippen LogP contribution < -0.4 is 10.6 Å². The van der Waals surface area contributed by atoms with Crippen LogP contribution in [0.5, 0.6) is 0 Å². The average molecular weight is 276 g/mol. The molecule has 1 atom stereocenters.